The van der Waals surface area contributed by atoms with Gasteiger partial charge in [-0.25, -0.2) is 0 Å². The number of benzene rings is 1. The highest BCUT2D eigenvalue weighted by Crippen LogP contribution is 2.35. The molecule has 1 aliphatic rings. The van der Waals surface area contributed by atoms with Gasteiger partial charge in [0.05, 0.1) is 5.60 Å². The number of nitrogens with zero attached hydrogens (tertiary/aromatic N) is 1. The maximum Gasteiger partial charge on any atom is 0.0924 e. The van der Waals surface area contributed by atoms with Gasteiger partial charge in [0.2, 0.25) is 0 Å². The van der Waals surface area contributed by atoms with Gasteiger partial charge in [0.25, 0.3) is 0 Å². The van der Waals surface area contributed by atoms with E-state index < -0.39 is 5.60 Å². The third kappa shape index (κ3) is 2.24. The fourth-order valence-electron chi connectivity index (χ4n) is 2.37. The monoisotopic (exact) mass is 239 g/mol. The van der Waals surface area contributed by atoms with Crippen LogP contribution in [0, 0.1) is 0 Å². The van der Waals surface area contributed by atoms with Crippen LogP contribution < -0.4 is 0 Å². The molecule has 0 aliphatic carbocycles. The fourth-order valence-corrected chi connectivity index (χ4v) is 2.56. The second kappa shape index (κ2) is 4.36. The molecule has 1 saturated heterocycles. The summed E-state index contributed by atoms with van der Waals surface area (Å²) in [4.78, 5) is 2.28. The lowest BCUT2D eigenvalue weighted by Crippen LogP contribution is -2.45. The maximum atomic E-state index is 10.7. The van der Waals surface area contributed by atoms with Crippen molar-refractivity contribution in [3.8, 4) is 0 Å². The van der Waals surface area contributed by atoms with Crippen LogP contribution in [-0.2, 0) is 5.60 Å². The summed E-state index contributed by atoms with van der Waals surface area (Å²) in [5.41, 5.74) is 0.233. The highest BCUT2D eigenvalue weighted by molar-refractivity contribution is 6.30. The molecule has 0 amide bonds. The number of halogens is 1. The van der Waals surface area contributed by atoms with Crippen LogP contribution in [0.4, 0.5) is 0 Å². The van der Waals surface area contributed by atoms with Crippen molar-refractivity contribution in [1.29, 1.82) is 0 Å². The average molecular weight is 240 g/mol. The minimum absolute atomic E-state index is 0.401. The van der Waals surface area contributed by atoms with Crippen molar-refractivity contribution >= 4 is 11.6 Å². The zero-order valence-electron chi connectivity index (χ0n) is 9.78. The molecule has 0 saturated carbocycles. The van der Waals surface area contributed by atoms with Gasteiger partial charge in [0, 0.05) is 17.6 Å². The summed E-state index contributed by atoms with van der Waals surface area (Å²) in [7, 11) is 2.10. The van der Waals surface area contributed by atoms with Crippen molar-refractivity contribution in [3.05, 3.63) is 34.9 Å². The molecule has 0 spiro atoms. The van der Waals surface area contributed by atoms with Crippen LogP contribution in [0.3, 0.4) is 0 Å². The molecule has 2 rings (SSSR count). The SMILES string of the molecule is CC1CC(O)(c2cccc(Cl)c2)CCN1C. The molecule has 1 aliphatic heterocycles. The zero-order valence-corrected chi connectivity index (χ0v) is 10.5. The summed E-state index contributed by atoms with van der Waals surface area (Å²) in [6.45, 7) is 3.07. The van der Waals surface area contributed by atoms with E-state index in [1.807, 2.05) is 24.3 Å². The van der Waals surface area contributed by atoms with E-state index in [0.717, 1.165) is 24.9 Å². The van der Waals surface area contributed by atoms with Gasteiger partial charge in [-0.2, -0.15) is 0 Å². The smallest absolute Gasteiger partial charge is 0.0924 e. The van der Waals surface area contributed by atoms with E-state index in [4.69, 9.17) is 11.6 Å². The lowest BCUT2D eigenvalue weighted by atomic mass is 9.81. The van der Waals surface area contributed by atoms with Crippen LogP contribution in [0.2, 0.25) is 5.02 Å². The van der Waals surface area contributed by atoms with E-state index in [-0.39, 0.29) is 0 Å². The van der Waals surface area contributed by atoms with E-state index in [1.54, 1.807) is 0 Å². The van der Waals surface area contributed by atoms with Gasteiger partial charge < -0.3 is 10.0 Å². The van der Waals surface area contributed by atoms with Crippen molar-refractivity contribution < 1.29 is 5.11 Å². The minimum atomic E-state index is -0.711. The van der Waals surface area contributed by atoms with E-state index in [1.165, 1.54) is 0 Å². The van der Waals surface area contributed by atoms with Crippen molar-refractivity contribution in [2.24, 2.45) is 0 Å². The van der Waals surface area contributed by atoms with Gasteiger partial charge >= 0.3 is 0 Å². The molecule has 1 heterocycles. The first-order valence-corrected chi connectivity index (χ1v) is 6.08. The van der Waals surface area contributed by atoms with Crippen molar-refractivity contribution in [2.75, 3.05) is 13.6 Å². The van der Waals surface area contributed by atoms with Gasteiger partial charge in [-0.1, -0.05) is 23.7 Å². The molecular weight excluding hydrogens is 222 g/mol. The summed E-state index contributed by atoms with van der Waals surface area (Å²) < 4.78 is 0. The summed E-state index contributed by atoms with van der Waals surface area (Å²) in [5.74, 6) is 0. The normalized spacial score (nSPS) is 31.6. The fraction of sp³-hybridized carbons (Fsp3) is 0.538. The highest BCUT2D eigenvalue weighted by Gasteiger charge is 2.36. The number of piperidine rings is 1. The van der Waals surface area contributed by atoms with Gasteiger partial charge in [-0.15, -0.1) is 0 Å². The quantitative estimate of drug-likeness (QED) is 0.815. The standard InChI is InChI=1S/C13H18ClNO/c1-10-9-13(16,6-7-15(10)2)11-4-3-5-12(14)8-11/h3-5,8,10,16H,6-7,9H2,1-2H3. The van der Waals surface area contributed by atoms with Crippen LogP contribution in [0.25, 0.3) is 0 Å². The molecule has 1 aromatic rings. The van der Waals surface area contributed by atoms with Gasteiger partial charge in [-0.05, 0) is 44.5 Å². The number of likely N-dealkylation sites (tertiary alicyclic amines) is 1. The Morgan fingerprint density at radius 1 is 1.50 bits per heavy atom. The van der Waals surface area contributed by atoms with Gasteiger partial charge in [0.15, 0.2) is 0 Å². The Balaban J connectivity index is 2.26. The van der Waals surface area contributed by atoms with E-state index in [2.05, 4.69) is 18.9 Å². The van der Waals surface area contributed by atoms with Crippen LogP contribution in [0.15, 0.2) is 24.3 Å². The molecule has 1 fully saturated rings. The molecule has 16 heavy (non-hydrogen) atoms. The predicted molar refractivity (Wildman–Crippen MR) is 66.7 cm³/mol. The van der Waals surface area contributed by atoms with Crippen LogP contribution in [0.1, 0.15) is 25.3 Å². The molecule has 0 aromatic heterocycles. The summed E-state index contributed by atoms with van der Waals surface area (Å²) in [6.07, 6.45) is 1.54. The first-order chi connectivity index (χ1) is 7.51. The topological polar surface area (TPSA) is 23.5 Å². The molecule has 1 N–H and O–H groups in total. The molecule has 2 nitrogen and oxygen atoms in total. The highest BCUT2D eigenvalue weighted by atomic mass is 35.5. The largest absolute Gasteiger partial charge is 0.385 e. The lowest BCUT2D eigenvalue weighted by molar-refractivity contribution is -0.0408. The van der Waals surface area contributed by atoms with Crippen LogP contribution >= 0.6 is 11.6 Å². The Kier molecular flexibility index (Phi) is 3.24. The Morgan fingerprint density at radius 2 is 2.25 bits per heavy atom. The molecule has 2 unspecified atom stereocenters. The van der Waals surface area contributed by atoms with E-state index >= 15 is 0 Å². The zero-order chi connectivity index (χ0) is 11.8. The Morgan fingerprint density at radius 3 is 2.88 bits per heavy atom. The molecule has 0 radical (unpaired) electrons. The summed E-state index contributed by atoms with van der Waals surface area (Å²) in [6, 6.07) is 7.98. The second-order valence-corrected chi connectivity index (χ2v) is 5.26. The summed E-state index contributed by atoms with van der Waals surface area (Å²) in [5, 5.41) is 11.4. The molecule has 1 aromatic carbocycles. The second-order valence-electron chi connectivity index (χ2n) is 4.83. The molecule has 2 atom stereocenters. The van der Waals surface area contributed by atoms with Crippen molar-refractivity contribution in [1.82, 2.24) is 4.90 Å². The predicted octanol–water partition coefficient (Wildman–Crippen LogP) is 2.64. The van der Waals surface area contributed by atoms with E-state index in [0.29, 0.717) is 11.1 Å². The number of rotatable bonds is 1. The first-order valence-electron chi connectivity index (χ1n) is 5.70. The van der Waals surface area contributed by atoms with Gasteiger partial charge in [0.1, 0.15) is 0 Å². The Hall–Kier alpha value is -0.570. The third-order valence-corrected chi connectivity index (χ3v) is 3.86. The Labute approximate surface area is 102 Å². The van der Waals surface area contributed by atoms with Gasteiger partial charge in [-0.3, -0.25) is 0 Å². The van der Waals surface area contributed by atoms with Crippen molar-refractivity contribution in [2.45, 2.75) is 31.4 Å². The molecule has 0 bridgehead atoms. The third-order valence-electron chi connectivity index (χ3n) is 3.63. The lowest BCUT2D eigenvalue weighted by Gasteiger charge is -2.41. The average Bonchev–Trinajstić information content (AvgIpc) is 2.24. The number of hydrogen-bond donors (Lipinski definition) is 1. The van der Waals surface area contributed by atoms with E-state index in [9.17, 15) is 5.11 Å². The molecule has 3 heteroatoms. The maximum absolute atomic E-state index is 10.7. The Bertz CT molecular complexity index is 382. The summed E-state index contributed by atoms with van der Waals surface area (Å²) >= 11 is 5.97. The van der Waals surface area contributed by atoms with Crippen molar-refractivity contribution in [3.63, 3.8) is 0 Å². The number of aliphatic hydroxyl groups is 1. The molecular formula is C13H18ClNO. The molecule has 88 valence electrons. The number of hydrogen-bond acceptors (Lipinski definition) is 2. The van der Waals surface area contributed by atoms with Crippen LogP contribution in [0.5, 0.6) is 0 Å². The van der Waals surface area contributed by atoms with Crippen LogP contribution in [-0.4, -0.2) is 29.6 Å². The minimum Gasteiger partial charge on any atom is -0.385 e. The first kappa shape index (κ1) is 11.9.